The average molecular weight is 401 g/mol. The summed E-state index contributed by atoms with van der Waals surface area (Å²) in [6.45, 7) is 5.90. The van der Waals surface area contributed by atoms with Gasteiger partial charge in [-0.1, -0.05) is 30.8 Å². The molecule has 152 valence electrons. The van der Waals surface area contributed by atoms with Crippen molar-refractivity contribution in [3.05, 3.63) is 79.0 Å². The number of amides is 1. The van der Waals surface area contributed by atoms with Crippen molar-refractivity contribution in [3.63, 3.8) is 0 Å². The van der Waals surface area contributed by atoms with E-state index >= 15 is 0 Å². The topological polar surface area (TPSA) is 88.2 Å². The average Bonchev–Trinajstić information content (AvgIpc) is 2.81. The van der Waals surface area contributed by atoms with Gasteiger partial charge in [-0.2, -0.15) is 0 Å². The molecule has 2 heterocycles. The van der Waals surface area contributed by atoms with Gasteiger partial charge in [-0.15, -0.1) is 0 Å². The monoisotopic (exact) mass is 401 g/mol. The Morgan fingerprint density at radius 1 is 1.10 bits per heavy atom. The molecule has 3 aromatic rings. The fraction of sp³-hybridized carbons (Fsp3) is 0.174. The van der Waals surface area contributed by atoms with Crippen LogP contribution in [0, 0.1) is 0 Å². The molecule has 1 atom stereocenters. The minimum atomic E-state index is -0.242. The lowest BCUT2D eigenvalue weighted by Gasteiger charge is -2.24. The van der Waals surface area contributed by atoms with E-state index in [1.807, 2.05) is 42.5 Å². The highest BCUT2D eigenvalue weighted by Gasteiger charge is 2.15. The largest absolute Gasteiger partial charge is 0.371 e. The summed E-state index contributed by atoms with van der Waals surface area (Å²) in [6, 6.07) is 17.4. The quantitative estimate of drug-likeness (QED) is 0.546. The second-order valence-electron chi connectivity index (χ2n) is 6.85. The van der Waals surface area contributed by atoms with Crippen LogP contribution in [0.25, 0.3) is 11.3 Å². The normalized spacial score (nSPS) is 15.9. The van der Waals surface area contributed by atoms with E-state index in [-0.39, 0.29) is 12.0 Å². The van der Waals surface area contributed by atoms with Crippen LogP contribution in [0.15, 0.2) is 73.4 Å². The maximum atomic E-state index is 11.4. The van der Waals surface area contributed by atoms with Crippen LogP contribution in [0.5, 0.6) is 0 Å². The molecular weight excluding hydrogens is 378 g/mol. The molecule has 7 nitrogen and oxygen atoms in total. The molecule has 1 aliphatic heterocycles. The summed E-state index contributed by atoms with van der Waals surface area (Å²) >= 11 is 0. The first kappa shape index (κ1) is 19.8. The van der Waals surface area contributed by atoms with Gasteiger partial charge in [0.1, 0.15) is 0 Å². The number of nitrogens with zero attached hydrogens (tertiary/aromatic N) is 2. The van der Waals surface area contributed by atoms with Crippen LogP contribution in [0.4, 0.5) is 17.3 Å². The van der Waals surface area contributed by atoms with E-state index in [4.69, 9.17) is 4.74 Å². The van der Waals surface area contributed by atoms with E-state index < -0.39 is 0 Å². The fourth-order valence-electron chi connectivity index (χ4n) is 3.19. The third-order valence-electron chi connectivity index (χ3n) is 4.76. The first-order valence-corrected chi connectivity index (χ1v) is 9.77. The molecule has 0 radical (unpaired) electrons. The number of hydrogen-bond donors (Lipinski definition) is 3. The Morgan fingerprint density at radius 3 is 2.57 bits per heavy atom. The van der Waals surface area contributed by atoms with Crippen molar-refractivity contribution in [2.45, 2.75) is 6.10 Å². The molecule has 1 amide bonds. The Morgan fingerprint density at radius 2 is 1.87 bits per heavy atom. The van der Waals surface area contributed by atoms with Gasteiger partial charge in [0.05, 0.1) is 18.4 Å². The van der Waals surface area contributed by atoms with E-state index in [2.05, 4.69) is 44.6 Å². The molecular formula is C23H23N5O2. The van der Waals surface area contributed by atoms with Crippen molar-refractivity contribution in [2.24, 2.45) is 0 Å². The lowest BCUT2D eigenvalue weighted by Crippen LogP contribution is -2.33. The molecule has 0 saturated carbocycles. The highest BCUT2D eigenvalue weighted by molar-refractivity contribution is 5.98. The van der Waals surface area contributed by atoms with Crippen LogP contribution >= 0.6 is 0 Å². The second kappa shape index (κ2) is 9.30. The summed E-state index contributed by atoms with van der Waals surface area (Å²) in [5, 5.41) is 9.31. The summed E-state index contributed by atoms with van der Waals surface area (Å²) in [7, 11) is 0. The predicted octanol–water partition coefficient (Wildman–Crippen LogP) is 3.67. The van der Waals surface area contributed by atoms with Crippen LogP contribution in [-0.2, 0) is 9.53 Å². The smallest absolute Gasteiger partial charge is 0.247 e. The van der Waals surface area contributed by atoms with Gasteiger partial charge < -0.3 is 20.7 Å². The predicted molar refractivity (Wildman–Crippen MR) is 118 cm³/mol. The molecule has 0 spiro atoms. The standard InChI is InChI=1S/C23H23N5O2/c1-2-22(29)26-18-7-3-16(4-8-18)20-11-12-25-23(28-20)27-19-9-5-17(6-10-19)21-15-24-13-14-30-21/h2-12,21,24H,1,13-15H2,(H,26,29)(H,25,27,28). The van der Waals surface area contributed by atoms with Crippen LogP contribution in [-0.4, -0.2) is 35.6 Å². The molecule has 1 aromatic heterocycles. The molecule has 30 heavy (non-hydrogen) atoms. The van der Waals surface area contributed by atoms with Crippen molar-refractivity contribution in [1.29, 1.82) is 0 Å². The van der Waals surface area contributed by atoms with Crippen LogP contribution in [0.1, 0.15) is 11.7 Å². The van der Waals surface area contributed by atoms with Crippen LogP contribution in [0.3, 0.4) is 0 Å². The second-order valence-corrected chi connectivity index (χ2v) is 6.85. The Hall–Kier alpha value is -3.55. The van der Waals surface area contributed by atoms with Gasteiger partial charge >= 0.3 is 0 Å². The van der Waals surface area contributed by atoms with Gasteiger partial charge in [-0.05, 0) is 42.0 Å². The first-order chi connectivity index (χ1) is 14.7. The SMILES string of the molecule is C=CC(=O)Nc1ccc(-c2ccnc(Nc3ccc(C4CNCCO4)cc3)n2)cc1. The summed E-state index contributed by atoms with van der Waals surface area (Å²) < 4.78 is 5.79. The van der Waals surface area contributed by atoms with E-state index in [0.29, 0.717) is 11.6 Å². The van der Waals surface area contributed by atoms with Crippen molar-refractivity contribution < 1.29 is 9.53 Å². The molecule has 1 unspecified atom stereocenters. The molecule has 1 aliphatic rings. The highest BCUT2D eigenvalue weighted by atomic mass is 16.5. The molecule has 2 aromatic carbocycles. The molecule has 3 N–H and O–H groups in total. The third kappa shape index (κ3) is 4.89. The number of benzene rings is 2. The lowest BCUT2D eigenvalue weighted by molar-refractivity contribution is -0.111. The number of ether oxygens (including phenoxy) is 1. The third-order valence-corrected chi connectivity index (χ3v) is 4.76. The van der Waals surface area contributed by atoms with E-state index in [1.165, 1.54) is 6.08 Å². The number of anilines is 3. The molecule has 4 rings (SSSR count). The van der Waals surface area contributed by atoms with Gasteiger partial charge in [-0.3, -0.25) is 4.79 Å². The summed E-state index contributed by atoms with van der Waals surface area (Å²) in [5.41, 5.74) is 4.46. The lowest BCUT2D eigenvalue weighted by atomic mass is 10.1. The molecule has 1 saturated heterocycles. The number of carbonyl (C=O) groups excluding carboxylic acids is 1. The number of hydrogen-bond acceptors (Lipinski definition) is 6. The van der Waals surface area contributed by atoms with Crippen LogP contribution < -0.4 is 16.0 Å². The summed E-state index contributed by atoms with van der Waals surface area (Å²) in [6.07, 6.45) is 3.04. The van der Waals surface area contributed by atoms with E-state index in [0.717, 1.165) is 42.2 Å². The maximum Gasteiger partial charge on any atom is 0.247 e. The Kier molecular flexibility index (Phi) is 6.12. The zero-order valence-electron chi connectivity index (χ0n) is 16.5. The van der Waals surface area contributed by atoms with Gasteiger partial charge in [-0.25, -0.2) is 9.97 Å². The number of carbonyl (C=O) groups is 1. The van der Waals surface area contributed by atoms with Crippen LogP contribution in [0.2, 0.25) is 0 Å². The van der Waals surface area contributed by atoms with E-state index in [9.17, 15) is 4.79 Å². The van der Waals surface area contributed by atoms with Crippen molar-refractivity contribution in [2.75, 3.05) is 30.3 Å². The van der Waals surface area contributed by atoms with Crippen molar-refractivity contribution in [3.8, 4) is 11.3 Å². The van der Waals surface area contributed by atoms with Crippen molar-refractivity contribution >= 4 is 23.2 Å². The Bertz CT molecular complexity index is 1010. The fourth-order valence-corrected chi connectivity index (χ4v) is 3.19. The number of nitrogens with one attached hydrogen (secondary N) is 3. The Labute approximate surface area is 175 Å². The zero-order valence-corrected chi connectivity index (χ0v) is 16.5. The minimum Gasteiger partial charge on any atom is -0.371 e. The highest BCUT2D eigenvalue weighted by Crippen LogP contribution is 2.24. The maximum absolute atomic E-state index is 11.4. The summed E-state index contributed by atoms with van der Waals surface area (Å²) in [4.78, 5) is 20.3. The van der Waals surface area contributed by atoms with Gasteiger partial charge in [0, 0.05) is 36.2 Å². The molecule has 0 bridgehead atoms. The number of rotatable bonds is 6. The van der Waals surface area contributed by atoms with E-state index in [1.54, 1.807) is 6.20 Å². The van der Waals surface area contributed by atoms with Gasteiger partial charge in [0.2, 0.25) is 11.9 Å². The molecule has 0 aliphatic carbocycles. The van der Waals surface area contributed by atoms with Gasteiger partial charge in [0.15, 0.2) is 0 Å². The minimum absolute atomic E-state index is 0.0895. The molecule has 7 heteroatoms. The van der Waals surface area contributed by atoms with Crippen molar-refractivity contribution in [1.82, 2.24) is 15.3 Å². The first-order valence-electron chi connectivity index (χ1n) is 9.77. The number of aromatic nitrogens is 2. The zero-order chi connectivity index (χ0) is 20.8. The Balaban J connectivity index is 1.44. The van der Waals surface area contributed by atoms with Gasteiger partial charge in [0.25, 0.3) is 0 Å². The molecule has 1 fully saturated rings. The summed E-state index contributed by atoms with van der Waals surface area (Å²) in [5.74, 6) is 0.272. The number of morpholine rings is 1.